The number of nitrogens with one attached hydrogen (secondary N) is 1. The summed E-state index contributed by atoms with van der Waals surface area (Å²) in [6, 6.07) is 2.68. The molecule has 0 unspecified atom stereocenters. The van der Waals surface area contributed by atoms with Crippen molar-refractivity contribution in [2.24, 2.45) is 5.92 Å². The summed E-state index contributed by atoms with van der Waals surface area (Å²) in [6.45, 7) is 6.47. The van der Waals surface area contributed by atoms with Crippen LogP contribution in [0.25, 0.3) is 0 Å². The Labute approximate surface area is 136 Å². The van der Waals surface area contributed by atoms with Crippen LogP contribution in [0.5, 0.6) is 0 Å². The highest BCUT2D eigenvalue weighted by Crippen LogP contribution is 2.19. The fourth-order valence-corrected chi connectivity index (χ4v) is 4.32. The molecule has 0 bridgehead atoms. The van der Waals surface area contributed by atoms with E-state index in [4.69, 9.17) is 0 Å². The molecule has 1 N–H and O–H groups in total. The third kappa shape index (κ3) is 4.09. The van der Waals surface area contributed by atoms with Crippen molar-refractivity contribution in [3.63, 3.8) is 0 Å². The highest BCUT2D eigenvalue weighted by Gasteiger charge is 2.33. The first-order chi connectivity index (χ1) is 10.7. The first-order valence-electron chi connectivity index (χ1n) is 7.79. The van der Waals surface area contributed by atoms with E-state index >= 15 is 0 Å². The number of nitrogens with zero attached hydrogens (tertiary/aromatic N) is 1. The number of aryl methyl sites for hydroxylation is 1. The van der Waals surface area contributed by atoms with Crippen molar-refractivity contribution in [1.82, 2.24) is 9.62 Å². The van der Waals surface area contributed by atoms with Gasteiger partial charge in [-0.05, 0) is 49.4 Å². The minimum Gasteiger partial charge on any atom is -0.341 e. The summed E-state index contributed by atoms with van der Waals surface area (Å²) in [4.78, 5) is 14.3. The quantitative estimate of drug-likeness (QED) is 0.891. The van der Waals surface area contributed by atoms with E-state index < -0.39 is 21.9 Å². The summed E-state index contributed by atoms with van der Waals surface area (Å²) in [5.41, 5.74) is 0.314. The molecule has 1 aromatic carbocycles. The molecule has 1 atom stereocenters. The lowest BCUT2D eigenvalue weighted by Gasteiger charge is -2.26. The highest BCUT2D eigenvalue weighted by molar-refractivity contribution is 7.89. The Morgan fingerprint density at radius 2 is 1.87 bits per heavy atom. The van der Waals surface area contributed by atoms with Crippen LogP contribution in [0.1, 0.15) is 32.3 Å². The van der Waals surface area contributed by atoms with Gasteiger partial charge in [-0.25, -0.2) is 12.8 Å². The smallest absolute Gasteiger partial charge is 0.241 e. The summed E-state index contributed by atoms with van der Waals surface area (Å²) in [5, 5.41) is 0. The Morgan fingerprint density at radius 3 is 2.39 bits per heavy atom. The van der Waals surface area contributed by atoms with Crippen LogP contribution in [0.15, 0.2) is 23.1 Å². The number of rotatable bonds is 5. The van der Waals surface area contributed by atoms with Gasteiger partial charge in [-0.15, -0.1) is 0 Å². The second-order valence-electron chi connectivity index (χ2n) is 6.29. The molecule has 23 heavy (non-hydrogen) atoms. The van der Waals surface area contributed by atoms with Gasteiger partial charge in [0.05, 0.1) is 4.90 Å². The van der Waals surface area contributed by atoms with E-state index in [-0.39, 0.29) is 16.7 Å². The van der Waals surface area contributed by atoms with Crippen molar-refractivity contribution in [3.05, 3.63) is 29.6 Å². The van der Waals surface area contributed by atoms with Crippen molar-refractivity contribution in [2.45, 2.75) is 44.6 Å². The molecule has 0 radical (unpaired) electrons. The lowest BCUT2D eigenvalue weighted by Crippen LogP contribution is -2.50. The third-order valence-corrected chi connectivity index (χ3v) is 5.66. The van der Waals surface area contributed by atoms with Crippen LogP contribution in [0.3, 0.4) is 0 Å². The first-order valence-corrected chi connectivity index (χ1v) is 9.28. The van der Waals surface area contributed by atoms with E-state index in [1.54, 1.807) is 18.7 Å². The molecular formula is C16H23FN2O3S. The van der Waals surface area contributed by atoms with Crippen molar-refractivity contribution in [2.75, 3.05) is 13.1 Å². The average molecular weight is 342 g/mol. The van der Waals surface area contributed by atoms with Gasteiger partial charge < -0.3 is 4.90 Å². The number of halogens is 1. The lowest BCUT2D eigenvalue weighted by atomic mass is 10.0. The molecule has 2 rings (SSSR count). The molecule has 1 fully saturated rings. The van der Waals surface area contributed by atoms with Gasteiger partial charge in [-0.2, -0.15) is 4.72 Å². The number of hydrogen-bond donors (Lipinski definition) is 1. The Kier molecular flexibility index (Phi) is 5.41. The summed E-state index contributed by atoms with van der Waals surface area (Å²) in [7, 11) is -3.89. The molecule has 1 aliphatic heterocycles. The predicted molar refractivity (Wildman–Crippen MR) is 85.9 cm³/mol. The van der Waals surface area contributed by atoms with E-state index in [9.17, 15) is 17.6 Å². The van der Waals surface area contributed by atoms with Crippen LogP contribution in [-0.4, -0.2) is 38.4 Å². The second-order valence-corrected chi connectivity index (χ2v) is 7.97. The van der Waals surface area contributed by atoms with Crippen LogP contribution >= 0.6 is 0 Å². The SMILES string of the molecule is Cc1cc(F)ccc1S(=O)(=O)N[C@H](C(=O)N1CCCC1)C(C)C. The van der Waals surface area contributed by atoms with Gasteiger partial charge in [0.25, 0.3) is 0 Å². The van der Waals surface area contributed by atoms with E-state index in [2.05, 4.69) is 4.72 Å². The van der Waals surface area contributed by atoms with Crippen LogP contribution in [-0.2, 0) is 14.8 Å². The van der Waals surface area contributed by atoms with Crippen molar-refractivity contribution in [1.29, 1.82) is 0 Å². The number of hydrogen-bond acceptors (Lipinski definition) is 3. The van der Waals surface area contributed by atoms with Gasteiger partial charge >= 0.3 is 0 Å². The van der Waals surface area contributed by atoms with Gasteiger partial charge in [0.15, 0.2) is 0 Å². The minimum absolute atomic E-state index is 0.00114. The highest BCUT2D eigenvalue weighted by atomic mass is 32.2. The Balaban J connectivity index is 2.26. The predicted octanol–water partition coefficient (Wildman–Crippen LogP) is 2.06. The molecule has 7 heteroatoms. The van der Waals surface area contributed by atoms with Gasteiger partial charge in [0.1, 0.15) is 11.9 Å². The Bertz CT molecular complexity index is 683. The zero-order valence-corrected chi connectivity index (χ0v) is 14.5. The molecule has 128 valence electrons. The number of amides is 1. The van der Waals surface area contributed by atoms with Gasteiger partial charge in [-0.1, -0.05) is 13.8 Å². The number of sulfonamides is 1. The van der Waals surface area contributed by atoms with Crippen molar-refractivity contribution >= 4 is 15.9 Å². The topological polar surface area (TPSA) is 66.5 Å². The third-order valence-electron chi connectivity index (χ3n) is 4.06. The van der Waals surface area contributed by atoms with E-state index in [0.717, 1.165) is 18.9 Å². The van der Waals surface area contributed by atoms with E-state index in [0.29, 0.717) is 18.7 Å². The van der Waals surface area contributed by atoms with E-state index in [1.165, 1.54) is 19.1 Å². The van der Waals surface area contributed by atoms with E-state index in [1.807, 2.05) is 0 Å². The molecule has 5 nitrogen and oxygen atoms in total. The summed E-state index contributed by atoms with van der Waals surface area (Å²) < 4.78 is 40.9. The summed E-state index contributed by atoms with van der Waals surface area (Å²) in [6.07, 6.45) is 1.89. The van der Waals surface area contributed by atoms with Crippen LogP contribution in [0, 0.1) is 18.7 Å². The molecular weight excluding hydrogens is 319 g/mol. The largest absolute Gasteiger partial charge is 0.341 e. The zero-order chi connectivity index (χ0) is 17.2. The fraction of sp³-hybridized carbons (Fsp3) is 0.562. The van der Waals surface area contributed by atoms with Crippen LogP contribution in [0.4, 0.5) is 4.39 Å². The van der Waals surface area contributed by atoms with Crippen molar-refractivity contribution < 1.29 is 17.6 Å². The molecule has 0 spiro atoms. The molecule has 0 saturated carbocycles. The Morgan fingerprint density at radius 1 is 1.26 bits per heavy atom. The van der Waals surface area contributed by atoms with Gasteiger partial charge in [-0.3, -0.25) is 4.79 Å². The number of likely N-dealkylation sites (tertiary alicyclic amines) is 1. The number of carbonyl (C=O) groups is 1. The number of carbonyl (C=O) groups excluding carboxylic acids is 1. The molecule has 1 heterocycles. The molecule has 1 amide bonds. The number of benzene rings is 1. The lowest BCUT2D eigenvalue weighted by molar-refractivity contribution is -0.132. The standard InChI is InChI=1S/C16H23FN2O3S/c1-11(2)15(16(20)19-8-4-5-9-19)18-23(21,22)14-7-6-13(17)10-12(14)3/h6-7,10-11,15,18H,4-5,8-9H2,1-3H3/t15-/m0/s1. The molecule has 1 saturated heterocycles. The van der Waals surface area contributed by atoms with Crippen molar-refractivity contribution in [3.8, 4) is 0 Å². The molecule has 1 aromatic rings. The van der Waals surface area contributed by atoms with Crippen LogP contribution < -0.4 is 4.72 Å². The zero-order valence-electron chi connectivity index (χ0n) is 13.7. The van der Waals surface area contributed by atoms with Crippen LogP contribution in [0.2, 0.25) is 0 Å². The molecule has 1 aliphatic rings. The van der Waals surface area contributed by atoms with Gasteiger partial charge in [0.2, 0.25) is 15.9 Å². The Hall–Kier alpha value is -1.47. The normalized spacial score (nSPS) is 16.8. The second kappa shape index (κ2) is 6.97. The molecule has 0 aromatic heterocycles. The summed E-state index contributed by atoms with van der Waals surface area (Å²) >= 11 is 0. The maximum Gasteiger partial charge on any atom is 0.241 e. The maximum absolute atomic E-state index is 13.2. The van der Waals surface area contributed by atoms with Gasteiger partial charge in [0, 0.05) is 13.1 Å². The minimum atomic E-state index is -3.89. The first kappa shape index (κ1) is 17.9. The maximum atomic E-state index is 13.2. The fourth-order valence-electron chi connectivity index (χ4n) is 2.75. The monoisotopic (exact) mass is 342 g/mol. The molecule has 0 aliphatic carbocycles. The average Bonchev–Trinajstić information content (AvgIpc) is 2.97. The summed E-state index contributed by atoms with van der Waals surface area (Å²) in [5.74, 6) is -0.866.